The zero-order valence-corrected chi connectivity index (χ0v) is 8.82. The van der Waals surface area contributed by atoms with E-state index in [1.54, 1.807) is 11.3 Å². The molecule has 1 aromatic heterocycles. The van der Waals surface area contributed by atoms with Crippen LogP contribution >= 0.6 is 11.3 Å². The summed E-state index contributed by atoms with van der Waals surface area (Å²) in [5.74, 6) is 0.0975. The molecule has 0 bridgehead atoms. The van der Waals surface area contributed by atoms with Gasteiger partial charge in [0, 0.05) is 18.0 Å². The molecule has 0 spiro atoms. The Balaban J connectivity index is 2.29. The van der Waals surface area contributed by atoms with Gasteiger partial charge in [-0.1, -0.05) is 0 Å². The summed E-state index contributed by atoms with van der Waals surface area (Å²) in [5, 5.41) is 13.9. The number of hydrogen-bond donors (Lipinski definition) is 1. The highest BCUT2D eigenvalue weighted by atomic mass is 32.1. The summed E-state index contributed by atoms with van der Waals surface area (Å²) in [5.41, 5.74) is 1.34. The van der Waals surface area contributed by atoms with Gasteiger partial charge in [0.05, 0.1) is 12.0 Å². The quantitative estimate of drug-likeness (QED) is 0.798. The van der Waals surface area contributed by atoms with Crippen LogP contribution in [0.1, 0.15) is 17.4 Å². The lowest BCUT2D eigenvalue weighted by molar-refractivity contribution is 0.604. The summed E-state index contributed by atoms with van der Waals surface area (Å²) in [6.45, 7) is 5.69. The molecule has 0 amide bonds. The molecule has 0 saturated carbocycles. The van der Waals surface area contributed by atoms with E-state index in [4.69, 9.17) is 5.26 Å². The predicted octanol–water partition coefficient (Wildman–Crippen LogP) is 2.31. The molecule has 2 nitrogen and oxygen atoms in total. The summed E-state index contributed by atoms with van der Waals surface area (Å²) < 4.78 is 0. The molecule has 1 N–H and O–H groups in total. The smallest absolute Gasteiger partial charge is 0.0666 e. The topological polar surface area (TPSA) is 35.8 Å². The van der Waals surface area contributed by atoms with Gasteiger partial charge in [0.15, 0.2) is 0 Å². The van der Waals surface area contributed by atoms with E-state index in [2.05, 4.69) is 29.8 Å². The van der Waals surface area contributed by atoms with Crippen molar-refractivity contribution < 1.29 is 0 Å². The van der Waals surface area contributed by atoms with Gasteiger partial charge < -0.3 is 5.32 Å². The Morgan fingerprint density at radius 2 is 2.46 bits per heavy atom. The first kappa shape index (κ1) is 10.2. The molecule has 1 aromatic rings. The van der Waals surface area contributed by atoms with Crippen LogP contribution in [-0.2, 0) is 6.54 Å². The second kappa shape index (κ2) is 5.00. The molecule has 0 aliphatic rings. The molecule has 1 heterocycles. The number of thiophene rings is 1. The third-order valence-corrected chi connectivity index (χ3v) is 2.95. The molecule has 0 aliphatic carbocycles. The van der Waals surface area contributed by atoms with Crippen molar-refractivity contribution in [1.29, 1.82) is 5.26 Å². The average molecular weight is 194 g/mol. The average Bonchev–Trinajstić information content (AvgIpc) is 2.52. The molecule has 1 rings (SSSR count). The molecule has 70 valence electrons. The van der Waals surface area contributed by atoms with Crippen LogP contribution in [0, 0.1) is 24.2 Å². The van der Waals surface area contributed by atoms with Crippen LogP contribution in [-0.4, -0.2) is 6.54 Å². The van der Waals surface area contributed by atoms with Crippen LogP contribution in [0.3, 0.4) is 0 Å². The maximum atomic E-state index is 8.56. The van der Waals surface area contributed by atoms with Crippen molar-refractivity contribution in [2.45, 2.75) is 20.4 Å². The maximum absolute atomic E-state index is 8.56. The molecular weight excluding hydrogens is 180 g/mol. The third kappa shape index (κ3) is 3.17. The van der Waals surface area contributed by atoms with Gasteiger partial charge in [0.1, 0.15) is 0 Å². The summed E-state index contributed by atoms with van der Waals surface area (Å²) in [4.78, 5) is 1.37. The van der Waals surface area contributed by atoms with E-state index in [-0.39, 0.29) is 5.92 Å². The molecule has 0 aromatic carbocycles. The molecule has 0 aliphatic heterocycles. The molecule has 0 saturated heterocycles. The van der Waals surface area contributed by atoms with Crippen molar-refractivity contribution in [2.24, 2.45) is 5.92 Å². The van der Waals surface area contributed by atoms with E-state index in [1.165, 1.54) is 10.4 Å². The lowest BCUT2D eigenvalue weighted by Gasteiger charge is -2.04. The van der Waals surface area contributed by atoms with Crippen molar-refractivity contribution in [3.63, 3.8) is 0 Å². The summed E-state index contributed by atoms with van der Waals surface area (Å²) in [6, 6.07) is 4.32. The van der Waals surface area contributed by atoms with E-state index in [0.717, 1.165) is 13.1 Å². The van der Waals surface area contributed by atoms with Crippen LogP contribution in [0.4, 0.5) is 0 Å². The molecule has 0 radical (unpaired) electrons. The van der Waals surface area contributed by atoms with Crippen LogP contribution in [0.2, 0.25) is 0 Å². The van der Waals surface area contributed by atoms with Crippen LogP contribution in [0.5, 0.6) is 0 Å². The summed E-state index contributed by atoms with van der Waals surface area (Å²) in [6.07, 6.45) is 0. The van der Waals surface area contributed by atoms with Gasteiger partial charge in [-0.15, -0.1) is 11.3 Å². The fourth-order valence-corrected chi connectivity index (χ4v) is 1.91. The van der Waals surface area contributed by atoms with E-state index in [0.29, 0.717) is 0 Å². The minimum Gasteiger partial charge on any atom is -0.311 e. The zero-order chi connectivity index (χ0) is 9.68. The highest BCUT2D eigenvalue weighted by Crippen LogP contribution is 2.14. The maximum Gasteiger partial charge on any atom is 0.0666 e. The summed E-state index contributed by atoms with van der Waals surface area (Å²) >= 11 is 1.76. The number of nitrogens with one attached hydrogen (secondary N) is 1. The minimum atomic E-state index is 0.0975. The van der Waals surface area contributed by atoms with E-state index in [1.807, 2.05) is 6.92 Å². The molecule has 1 atom stereocenters. The second-order valence-electron chi connectivity index (χ2n) is 3.19. The lowest BCUT2D eigenvalue weighted by Crippen LogP contribution is -2.19. The standard InChI is InChI=1S/C10H14N2S/c1-8(5-11)6-12-7-10-9(2)3-4-13-10/h3-4,8,12H,6-7H2,1-2H3. The van der Waals surface area contributed by atoms with Crippen molar-refractivity contribution in [1.82, 2.24) is 5.32 Å². The Hall–Kier alpha value is -0.850. The fraction of sp³-hybridized carbons (Fsp3) is 0.500. The van der Waals surface area contributed by atoms with Gasteiger partial charge in [0.25, 0.3) is 0 Å². The highest BCUT2D eigenvalue weighted by molar-refractivity contribution is 7.10. The highest BCUT2D eigenvalue weighted by Gasteiger charge is 2.01. The number of aryl methyl sites for hydroxylation is 1. The Morgan fingerprint density at radius 3 is 3.00 bits per heavy atom. The van der Waals surface area contributed by atoms with Crippen LogP contribution in [0.25, 0.3) is 0 Å². The normalized spacial score (nSPS) is 12.4. The SMILES string of the molecule is Cc1ccsc1CNCC(C)C#N. The van der Waals surface area contributed by atoms with Gasteiger partial charge in [-0.05, 0) is 30.9 Å². The van der Waals surface area contributed by atoms with Crippen LogP contribution in [0.15, 0.2) is 11.4 Å². The second-order valence-corrected chi connectivity index (χ2v) is 4.19. The van der Waals surface area contributed by atoms with Crippen molar-refractivity contribution in [3.05, 3.63) is 21.9 Å². The molecular formula is C10H14N2S. The van der Waals surface area contributed by atoms with Gasteiger partial charge in [-0.3, -0.25) is 0 Å². The van der Waals surface area contributed by atoms with Gasteiger partial charge in [0.2, 0.25) is 0 Å². The minimum absolute atomic E-state index is 0.0975. The van der Waals surface area contributed by atoms with Crippen molar-refractivity contribution in [2.75, 3.05) is 6.54 Å². The third-order valence-electron chi connectivity index (χ3n) is 1.92. The van der Waals surface area contributed by atoms with Gasteiger partial charge in [-0.2, -0.15) is 5.26 Å². The molecule has 1 unspecified atom stereocenters. The lowest BCUT2D eigenvalue weighted by atomic mass is 10.2. The largest absolute Gasteiger partial charge is 0.311 e. The van der Waals surface area contributed by atoms with Crippen molar-refractivity contribution in [3.8, 4) is 6.07 Å². The molecule has 0 fully saturated rings. The van der Waals surface area contributed by atoms with E-state index >= 15 is 0 Å². The predicted molar refractivity (Wildman–Crippen MR) is 55.5 cm³/mol. The first-order valence-electron chi connectivity index (χ1n) is 4.37. The van der Waals surface area contributed by atoms with Gasteiger partial charge in [-0.25, -0.2) is 0 Å². The fourth-order valence-electron chi connectivity index (χ4n) is 1.03. The molecule has 13 heavy (non-hydrogen) atoms. The Morgan fingerprint density at radius 1 is 1.69 bits per heavy atom. The molecule has 3 heteroatoms. The first-order chi connectivity index (χ1) is 6.24. The number of nitrogens with zero attached hydrogens (tertiary/aromatic N) is 1. The Kier molecular flexibility index (Phi) is 3.94. The van der Waals surface area contributed by atoms with Crippen molar-refractivity contribution >= 4 is 11.3 Å². The summed E-state index contributed by atoms with van der Waals surface area (Å²) in [7, 11) is 0. The number of rotatable bonds is 4. The van der Waals surface area contributed by atoms with E-state index < -0.39 is 0 Å². The Labute approximate surface area is 83.2 Å². The number of nitriles is 1. The Bertz CT molecular complexity index is 298. The number of hydrogen-bond acceptors (Lipinski definition) is 3. The first-order valence-corrected chi connectivity index (χ1v) is 5.25. The van der Waals surface area contributed by atoms with Crippen LogP contribution < -0.4 is 5.32 Å². The monoisotopic (exact) mass is 194 g/mol. The zero-order valence-electron chi connectivity index (χ0n) is 8.00. The van der Waals surface area contributed by atoms with E-state index in [9.17, 15) is 0 Å². The van der Waals surface area contributed by atoms with Gasteiger partial charge >= 0.3 is 0 Å².